The quantitative estimate of drug-likeness (QED) is 0.560. The van der Waals surface area contributed by atoms with Gasteiger partial charge in [-0.3, -0.25) is 5.41 Å². The second-order valence-electron chi connectivity index (χ2n) is 4.92. The molecule has 0 saturated carbocycles. The van der Waals surface area contributed by atoms with Gasteiger partial charge in [0.2, 0.25) is 0 Å². The monoisotopic (exact) mass is 236 g/mol. The first kappa shape index (κ1) is 13.5. The molecule has 0 amide bonds. The fourth-order valence-electron chi connectivity index (χ4n) is 2.08. The van der Waals surface area contributed by atoms with Gasteiger partial charge in [0.15, 0.2) is 0 Å². The number of hydrogen-bond acceptors (Lipinski definition) is 4. The molecule has 1 aliphatic carbocycles. The van der Waals surface area contributed by atoms with E-state index in [-0.39, 0.29) is 16.6 Å². The van der Waals surface area contributed by atoms with Crippen molar-refractivity contribution in [2.75, 3.05) is 0 Å². The molecule has 0 aromatic rings. The zero-order valence-electron chi connectivity index (χ0n) is 10.3. The lowest BCUT2D eigenvalue weighted by Gasteiger charge is -2.30. The third kappa shape index (κ3) is 2.74. The van der Waals surface area contributed by atoms with Crippen LogP contribution in [0, 0.1) is 44.8 Å². The first-order chi connectivity index (χ1) is 8.47. The van der Waals surface area contributed by atoms with Gasteiger partial charge in [0.1, 0.15) is 29.4 Å². The second-order valence-corrected chi connectivity index (χ2v) is 4.92. The number of rotatable bonds is 1. The van der Waals surface area contributed by atoms with E-state index >= 15 is 0 Å². The summed E-state index contributed by atoms with van der Waals surface area (Å²) in [5.41, 5.74) is 1.39. The molecule has 1 aliphatic rings. The van der Waals surface area contributed by atoms with Crippen LogP contribution in [0.4, 0.5) is 0 Å². The van der Waals surface area contributed by atoms with Crippen LogP contribution in [0.3, 0.4) is 0 Å². The van der Waals surface area contributed by atoms with Gasteiger partial charge in [-0.05, 0) is 35.3 Å². The predicted molar refractivity (Wildman–Crippen MR) is 66.2 cm³/mol. The Bertz CT molecular complexity index is 590. The maximum absolute atomic E-state index is 8.93. The predicted octanol–water partition coefficient (Wildman–Crippen LogP) is 2.78. The Morgan fingerprint density at radius 3 is 2.22 bits per heavy atom. The van der Waals surface area contributed by atoms with Crippen LogP contribution in [0.1, 0.15) is 26.7 Å². The van der Waals surface area contributed by atoms with Crippen molar-refractivity contribution in [1.29, 1.82) is 21.2 Å². The van der Waals surface area contributed by atoms with Gasteiger partial charge < -0.3 is 0 Å². The summed E-state index contributed by atoms with van der Waals surface area (Å²) in [7, 11) is 0. The van der Waals surface area contributed by atoms with Crippen LogP contribution in [0.25, 0.3) is 0 Å². The molecule has 4 nitrogen and oxygen atoms in total. The molecule has 0 spiro atoms. The molecule has 0 heterocycles. The topological polar surface area (TPSA) is 95.2 Å². The summed E-state index contributed by atoms with van der Waals surface area (Å²) in [5.74, 6) is 2.10. The highest BCUT2D eigenvalue weighted by Gasteiger charge is 2.28. The lowest BCUT2D eigenvalue weighted by Crippen LogP contribution is -2.18. The maximum atomic E-state index is 8.93. The van der Waals surface area contributed by atoms with Gasteiger partial charge in [-0.1, -0.05) is 19.9 Å². The first-order valence-corrected chi connectivity index (χ1v) is 5.41. The largest absolute Gasteiger partial charge is 0.258 e. The Hall–Kier alpha value is -2.60. The minimum atomic E-state index is -0.142. The summed E-state index contributed by atoms with van der Waals surface area (Å²) < 4.78 is 0. The highest BCUT2D eigenvalue weighted by molar-refractivity contribution is 5.70. The molecule has 88 valence electrons. The molecular formula is C14H12N4. The smallest absolute Gasteiger partial charge is 0.132 e. The Morgan fingerprint density at radius 2 is 1.78 bits per heavy atom. The van der Waals surface area contributed by atoms with Crippen molar-refractivity contribution in [3.63, 3.8) is 0 Å². The van der Waals surface area contributed by atoms with Crippen molar-refractivity contribution in [1.82, 2.24) is 0 Å². The van der Waals surface area contributed by atoms with Gasteiger partial charge in [0, 0.05) is 0 Å². The average Bonchev–Trinajstić information content (AvgIpc) is 2.30. The molecule has 0 atom stereocenters. The van der Waals surface area contributed by atoms with Crippen LogP contribution in [0.15, 0.2) is 28.4 Å². The minimum Gasteiger partial charge on any atom is -0.258 e. The van der Waals surface area contributed by atoms with E-state index in [0.29, 0.717) is 24.0 Å². The Morgan fingerprint density at radius 1 is 1.17 bits per heavy atom. The molecule has 0 radical (unpaired) electrons. The van der Waals surface area contributed by atoms with Crippen molar-refractivity contribution < 1.29 is 0 Å². The van der Waals surface area contributed by atoms with Crippen LogP contribution in [-0.4, -0.2) is 5.87 Å². The van der Waals surface area contributed by atoms with E-state index in [2.05, 4.69) is 5.87 Å². The summed E-state index contributed by atoms with van der Waals surface area (Å²) in [6, 6.07) is 5.65. The van der Waals surface area contributed by atoms with Gasteiger partial charge in [-0.2, -0.15) is 15.8 Å². The van der Waals surface area contributed by atoms with E-state index in [1.54, 1.807) is 6.08 Å². The molecule has 0 unspecified atom stereocenters. The van der Waals surface area contributed by atoms with Crippen LogP contribution in [-0.2, 0) is 0 Å². The number of nitrogens with one attached hydrogen (secondary N) is 1. The van der Waals surface area contributed by atoms with E-state index in [0.717, 1.165) is 0 Å². The van der Waals surface area contributed by atoms with E-state index in [4.69, 9.17) is 21.2 Å². The van der Waals surface area contributed by atoms with E-state index in [1.165, 1.54) is 0 Å². The number of hydrogen-bond donors (Lipinski definition) is 1. The summed E-state index contributed by atoms with van der Waals surface area (Å²) in [6.45, 7) is 4.01. The average molecular weight is 236 g/mol. The van der Waals surface area contributed by atoms with Crippen molar-refractivity contribution >= 4 is 5.87 Å². The second kappa shape index (κ2) is 5.15. The fourth-order valence-corrected chi connectivity index (χ4v) is 2.08. The van der Waals surface area contributed by atoms with Crippen LogP contribution >= 0.6 is 0 Å². The maximum Gasteiger partial charge on any atom is 0.132 e. The van der Waals surface area contributed by atoms with Gasteiger partial charge in [0.25, 0.3) is 0 Å². The van der Waals surface area contributed by atoms with Gasteiger partial charge >= 0.3 is 0 Å². The minimum absolute atomic E-state index is 0.0718. The van der Waals surface area contributed by atoms with Gasteiger partial charge in [-0.15, -0.1) is 0 Å². The molecule has 18 heavy (non-hydrogen) atoms. The lowest BCUT2D eigenvalue weighted by molar-refractivity contribution is 0.354. The molecule has 0 bridgehead atoms. The summed E-state index contributed by atoms with van der Waals surface area (Å²) in [4.78, 5) is 0. The molecule has 0 saturated heterocycles. The van der Waals surface area contributed by atoms with E-state index < -0.39 is 0 Å². The van der Waals surface area contributed by atoms with E-state index in [9.17, 15) is 0 Å². The summed E-state index contributed by atoms with van der Waals surface area (Å²) in [5, 5.41) is 33.8. The summed E-state index contributed by atoms with van der Waals surface area (Å²) >= 11 is 0. The van der Waals surface area contributed by atoms with Gasteiger partial charge in [0.05, 0.1) is 0 Å². The number of nitrogens with zero attached hydrogens (tertiary/aromatic N) is 3. The molecule has 1 rings (SSSR count). The zero-order chi connectivity index (χ0) is 13.8. The van der Waals surface area contributed by atoms with Crippen molar-refractivity contribution in [3.8, 4) is 18.2 Å². The number of nitriles is 3. The van der Waals surface area contributed by atoms with Crippen molar-refractivity contribution in [2.24, 2.45) is 5.41 Å². The first-order valence-electron chi connectivity index (χ1n) is 5.41. The summed E-state index contributed by atoms with van der Waals surface area (Å²) in [6.07, 6.45) is 2.92. The lowest BCUT2D eigenvalue weighted by atomic mass is 9.73. The van der Waals surface area contributed by atoms with Gasteiger partial charge in [-0.25, -0.2) is 0 Å². The van der Waals surface area contributed by atoms with Crippen LogP contribution < -0.4 is 0 Å². The highest BCUT2D eigenvalue weighted by atomic mass is 14.4. The molecule has 0 aromatic carbocycles. The van der Waals surface area contributed by atoms with Crippen molar-refractivity contribution in [2.45, 2.75) is 26.7 Å². The standard InChI is InChI=1S/C14H12N4/c1-14(2)4-10(12(6-15)7-16)3-11(5-14)13(8-17)9-18/h3,15H,4-5H2,1-2H3. The van der Waals surface area contributed by atoms with Crippen molar-refractivity contribution in [3.05, 3.63) is 28.4 Å². The number of allylic oxidation sites excluding steroid dienone is 5. The third-order valence-electron chi connectivity index (χ3n) is 2.79. The van der Waals surface area contributed by atoms with Crippen LogP contribution in [0.2, 0.25) is 0 Å². The Kier molecular flexibility index (Phi) is 3.85. The zero-order valence-corrected chi connectivity index (χ0v) is 10.3. The van der Waals surface area contributed by atoms with Crippen LogP contribution in [0.5, 0.6) is 0 Å². The Balaban J connectivity index is 3.44. The molecule has 0 aromatic heterocycles. The third-order valence-corrected chi connectivity index (χ3v) is 2.79. The highest BCUT2D eigenvalue weighted by Crippen LogP contribution is 2.40. The molecule has 1 N–H and O–H groups in total. The SMILES string of the molecule is CC1(C)CC(C(=C=N)C#N)=CC(=C(C#N)C#N)C1. The molecule has 0 aliphatic heterocycles. The molecule has 4 heteroatoms. The fraction of sp³-hybridized carbons (Fsp3) is 0.357. The normalized spacial score (nSPS) is 16.4. The van der Waals surface area contributed by atoms with E-state index in [1.807, 2.05) is 32.1 Å². The Labute approximate surface area is 106 Å². The molecular weight excluding hydrogens is 224 g/mol. The molecule has 0 fully saturated rings.